The van der Waals surface area contributed by atoms with Gasteiger partial charge in [-0.2, -0.15) is 0 Å². The molecule has 1 unspecified atom stereocenters. The van der Waals surface area contributed by atoms with E-state index in [0.717, 1.165) is 30.8 Å². The first-order valence-electron chi connectivity index (χ1n) is 10.6. The summed E-state index contributed by atoms with van der Waals surface area (Å²) in [7, 11) is 0. The Morgan fingerprint density at radius 2 is 1.83 bits per heavy atom. The van der Waals surface area contributed by atoms with Crippen LogP contribution in [0, 0.1) is 11.8 Å². The molecule has 3 heteroatoms. The van der Waals surface area contributed by atoms with Gasteiger partial charge in [0.05, 0.1) is 0 Å². The van der Waals surface area contributed by atoms with Crippen molar-refractivity contribution < 1.29 is 0 Å². The van der Waals surface area contributed by atoms with Gasteiger partial charge in [-0.15, -0.1) is 0 Å². The first kappa shape index (κ1) is 24.6. The quantitative estimate of drug-likeness (QED) is 0.389. The van der Waals surface area contributed by atoms with Gasteiger partial charge in [-0.1, -0.05) is 70.2 Å². The number of rotatable bonds is 7. The molecule has 1 aliphatic heterocycles. The second-order valence-electron chi connectivity index (χ2n) is 8.25. The molecule has 1 aliphatic rings. The van der Waals surface area contributed by atoms with Crippen molar-refractivity contribution in [2.75, 3.05) is 0 Å². The molecule has 0 aliphatic carbocycles. The van der Waals surface area contributed by atoms with Gasteiger partial charge >= 0.3 is 0 Å². The molecule has 29 heavy (non-hydrogen) atoms. The van der Waals surface area contributed by atoms with Crippen LogP contribution in [0.25, 0.3) is 0 Å². The highest BCUT2D eigenvalue weighted by molar-refractivity contribution is 5.88. The molecule has 2 rings (SSSR count). The first-order valence-corrected chi connectivity index (χ1v) is 10.6. The van der Waals surface area contributed by atoms with Gasteiger partial charge in [0.2, 0.25) is 0 Å². The third-order valence-electron chi connectivity index (χ3n) is 4.81. The van der Waals surface area contributed by atoms with Gasteiger partial charge in [-0.3, -0.25) is 4.99 Å². The third kappa shape index (κ3) is 10.1. The van der Waals surface area contributed by atoms with Crippen molar-refractivity contribution in [3.05, 3.63) is 71.7 Å². The number of hydrogen-bond donors (Lipinski definition) is 1. The van der Waals surface area contributed by atoms with Crippen LogP contribution in [-0.2, 0) is 6.42 Å². The van der Waals surface area contributed by atoms with Gasteiger partial charge in [0.25, 0.3) is 0 Å². The minimum Gasteiger partial charge on any atom is -0.348 e. The highest BCUT2D eigenvalue weighted by Gasteiger charge is 2.10. The lowest BCUT2D eigenvalue weighted by Gasteiger charge is -2.16. The molecular formula is C26H39N3. The van der Waals surface area contributed by atoms with Crippen LogP contribution in [0.2, 0.25) is 0 Å². The lowest BCUT2D eigenvalue weighted by Crippen LogP contribution is -2.23. The van der Waals surface area contributed by atoms with E-state index >= 15 is 0 Å². The molecule has 0 radical (unpaired) electrons. The largest absolute Gasteiger partial charge is 0.348 e. The number of nitrogens with one attached hydrogen (secondary N) is 1. The summed E-state index contributed by atoms with van der Waals surface area (Å²) in [6.45, 7) is 18.9. The number of benzene rings is 1. The Kier molecular flexibility index (Phi) is 11.0. The highest BCUT2D eigenvalue weighted by Crippen LogP contribution is 2.20. The van der Waals surface area contributed by atoms with Gasteiger partial charge in [-0.25, -0.2) is 4.99 Å². The fraction of sp³-hybridized carbons (Fsp3) is 0.462. The van der Waals surface area contributed by atoms with Crippen LogP contribution in [-0.4, -0.2) is 11.5 Å². The molecular weight excluding hydrogens is 354 g/mol. The SMILES string of the molecule is C=C(NC(C)=NC=C(C)C)C(C)Cc1ccccc1.CCC1=NC=C(C(C)C)C1. The van der Waals surface area contributed by atoms with Crippen molar-refractivity contribution in [2.45, 2.75) is 67.7 Å². The predicted octanol–water partition coefficient (Wildman–Crippen LogP) is 7.09. The number of hydrogen-bond acceptors (Lipinski definition) is 2. The average Bonchev–Trinajstić information content (AvgIpc) is 3.17. The Morgan fingerprint density at radius 3 is 2.31 bits per heavy atom. The smallest absolute Gasteiger partial charge is 0.102 e. The molecule has 1 aromatic carbocycles. The van der Waals surface area contributed by atoms with Crippen LogP contribution < -0.4 is 5.32 Å². The zero-order valence-corrected chi connectivity index (χ0v) is 19.4. The highest BCUT2D eigenvalue weighted by atomic mass is 15.0. The van der Waals surface area contributed by atoms with Crippen molar-refractivity contribution in [2.24, 2.45) is 21.8 Å². The van der Waals surface area contributed by atoms with Gasteiger partial charge < -0.3 is 5.32 Å². The van der Waals surface area contributed by atoms with Crippen molar-refractivity contribution in [1.82, 2.24) is 5.32 Å². The summed E-state index contributed by atoms with van der Waals surface area (Å²) in [6.07, 6.45) is 7.10. The second kappa shape index (κ2) is 12.9. The Morgan fingerprint density at radius 1 is 1.17 bits per heavy atom. The molecule has 1 N–H and O–H groups in total. The molecule has 0 fully saturated rings. The van der Waals surface area contributed by atoms with E-state index in [0.29, 0.717) is 11.8 Å². The van der Waals surface area contributed by atoms with Gasteiger partial charge in [-0.05, 0) is 56.6 Å². The third-order valence-corrected chi connectivity index (χ3v) is 4.81. The van der Waals surface area contributed by atoms with E-state index in [2.05, 4.69) is 73.8 Å². The topological polar surface area (TPSA) is 36.8 Å². The van der Waals surface area contributed by atoms with Crippen molar-refractivity contribution in [1.29, 1.82) is 0 Å². The molecule has 1 aromatic rings. The summed E-state index contributed by atoms with van der Waals surface area (Å²) in [5.74, 6) is 1.93. The van der Waals surface area contributed by atoms with Crippen LogP contribution in [0.4, 0.5) is 0 Å². The Balaban J connectivity index is 0.000000352. The van der Waals surface area contributed by atoms with E-state index in [4.69, 9.17) is 0 Å². The molecule has 0 spiro atoms. The number of amidine groups is 1. The number of aliphatic imine (C=N–C) groups is 2. The standard InChI is InChI=1S/C17H24N2.C9H15N/c1-13(2)12-18-16(5)19-15(4)14(3)11-17-9-7-6-8-10-17;1-4-9-5-8(6-10-9)7(2)3/h6-10,12,14H,4,11H2,1-3,5H3,(H,18,19);6-7H,4-5H2,1-3H3. The van der Waals surface area contributed by atoms with Crippen LogP contribution in [0.15, 0.2) is 76.1 Å². The zero-order chi connectivity index (χ0) is 21.8. The predicted molar refractivity (Wildman–Crippen MR) is 129 cm³/mol. The summed E-state index contributed by atoms with van der Waals surface area (Å²) in [5, 5.41) is 3.27. The van der Waals surface area contributed by atoms with Crippen molar-refractivity contribution >= 4 is 11.5 Å². The molecule has 0 saturated heterocycles. The summed E-state index contributed by atoms with van der Waals surface area (Å²) in [4.78, 5) is 8.65. The fourth-order valence-electron chi connectivity index (χ4n) is 2.78. The van der Waals surface area contributed by atoms with E-state index < -0.39 is 0 Å². The Bertz CT molecular complexity index is 760. The molecule has 0 aromatic heterocycles. The van der Waals surface area contributed by atoms with E-state index in [1.165, 1.54) is 22.4 Å². The van der Waals surface area contributed by atoms with Crippen molar-refractivity contribution in [3.63, 3.8) is 0 Å². The lowest BCUT2D eigenvalue weighted by atomic mass is 9.98. The fourth-order valence-corrected chi connectivity index (χ4v) is 2.78. The van der Waals surface area contributed by atoms with Crippen LogP contribution in [0.5, 0.6) is 0 Å². The average molecular weight is 394 g/mol. The van der Waals surface area contributed by atoms with Crippen molar-refractivity contribution in [3.8, 4) is 0 Å². The summed E-state index contributed by atoms with van der Waals surface area (Å²) in [6, 6.07) is 10.5. The minimum atomic E-state index is 0.374. The molecule has 1 heterocycles. The molecule has 1 atom stereocenters. The number of allylic oxidation sites excluding steroid dienone is 3. The molecule has 0 amide bonds. The van der Waals surface area contributed by atoms with E-state index in [1.54, 1.807) is 0 Å². The molecule has 158 valence electrons. The number of nitrogens with zero attached hydrogens (tertiary/aromatic N) is 2. The summed E-state index contributed by atoms with van der Waals surface area (Å²) >= 11 is 0. The minimum absolute atomic E-state index is 0.374. The van der Waals surface area contributed by atoms with Crippen LogP contribution in [0.3, 0.4) is 0 Å². The van der Waals surface area contributed by atoms with E-state index in [9.17, 15) is 0 Å². The summed E-state index contributed by atoms with van der Waals surface area (Å²) in [5.41, 5.74) is 6.34. The maximum absolute atomic E-state index is 4.34. The lowest BCUT2D eigenvalue weighted by molar-refractivity contribution is 0.650. The Hall–Kier alpha value is -2.42. The van der Waals surface area contributed by atoms with Crippen LogP contribution in [0.1, 0.15) is 66.9 Å². The maximum atomic E-state index is 4.34. The maximum Gasteiger partial charge on any atom is 0.102 e. The second-order valence-corrected chi connectivity index (χ2v) is 8.25. The monoisotopic (exact) mass is 393 g/mol. The molecule has 0 saturated carbocycles. The molecule has 0 bridgehead atoms. The van der Waals surface area contributed by atoms with Gasteiger partial charge in [0.1, 0.15) is 5.84 Å². The van der Waals surface area contributed by atoms with Gasteiger partial charge in [0.15, 0.2) is 0 Å². The van der Waals surface area contributed by atoms with Crippen LogP contribution >= 0.6 is 0 Å². The van der Waals surface area contributed by atoms with Gasteiger partial charge in [0, 0.05) is 30.2 Å². The van der Waals surface area contributed by atoms with E-state index in [-0.39, 0.29) is 0 Å². The Labute approximate surface area is 178 Å². The first-order chi connectivity index (χ1) is 13.7. The van der Waals surface area contributed by atoms with E-state index in [1.807, 2.05) is 39.2 Å². The summed E-state index contributed by atoms with van der Waals surface area (Å²) < 4.78 is 0. The normalized spacial score (nSPS) is 14.4. The zero-order valence-electron chi connectivity index (χ0n) is 19.4. The molecule has 3 nitrogen and oxygen atoms in total.